The summed E-state index contributed by atoms with van der Waals surface area (Å²) in [5.41, 5.74) is 6.26. The smallest absolute Gasteiger partial charge is 0.142 e. The number of likely N-dealkylation sites (N-methyl/N-ethyl adjacent to an activating group) is 1. The predicted molar refractivity (Wildman–Crippen MR) is 58.2 cm³/mol. The number of hydrogen-bond acceptors (Lipinski definition) is 3. The Hall–Kier alpha value is -1.71. The van der Waals surface area contributed by atoms with Crippen LogP contribution in [0, 0.1) is 5.41 Å². The first-order valence-electron chi connectivity index (χ1n) is 4.32. The zero-order valence-electron chi connectivity index (χ0n) is 8.45. The van der Waals surface area contributed by atoms with Crippen molar-refractivity contribution in [3.05, 3.63) is 24.3 Å². The number of rotatable bonds is 4. The van der Waals surface area contributed by atoms with Crippen LogP contribution in [0.4, 0.5) is 5.69 Å². The van der Waals surface area contributed by atoms with E-state index in [1.54, 1.807) is 7.11 Å². The fraction of sp³-hybridized carbons (Fsp3) is 0.300. The Bertz CT molecular complexity index is 325. The molecule has 1 aromatic carbocycles. The van der Waals surface area contributed by atoms with E-state index < -0.39 is 0 Å². The second-order valence-electron chi connectivity index (χ2n) is 3.05. The first-order chi connectivity index (χ1) is 6.65. The molecule has 0 unspecified atom stereocenters. The number of nitrogens with one attached hydrogen (secondary N) is 1. The summed E-state index contributed by atoms with van der Waals surface area (Å²) in [5, 5.41) is 7.20. The molecule has 0 aromatic heterocycles. The van der Waals surface area contributed by atoms with Gasteiger partial charge < -0.3 is 15.4 Å². The molecule has 4 nitrogen and oxygen atoms in total. The molecule has 0 amide bonds. The van der Waals surface area contributed by atoms with Crippen LogP contribution in [0.15, 0.2) is 24.3 Å². The first-order valence-corrected chi connectivity index (χ1v) is 4.32. The van der Waals surface area contributed by atoms with E-state index in [9.17, 15) is 0 Å². The summed E-state index contributed by atoms with van der Waals surface area (Å²) in [6.07, 6.45) is 0. The normalized spacial score (nSPS) is 9.57. The van der Waals surface area contributed by atoms with Crippen LogP contribution in [0.2, 0.25) is 0 Å². The molecular weight excluding hydrogens is 178 g/mol. The zero-order chi connectivity index (χ0) is 10.6. The molecule has 0 atom stereocenters. The third kappa shape index (κ3) is 2.39. The average Bonchev–Trinajstić information content (AvgIpc) is 2.16. The van der Waals surface area contributed by atoms with Crippen molar-refractivity contribution < 1.29 is 4.74 Å². The largest absolute Gasteiger partial charge is 0.495 e. The Morgan fingerprint density at radius 1 is 1.50 bits per heavy atom. The third-order valence-electron chi connectivity index (χ3n) is 1.90. The van der Waals surface area contributed by atoms with Crippen LogP contribution in [-0.4, -0.2) is 26.5 Å². The minimum absolute atomic E-state index is 0.137. The van der Waals surface area contributed by atoms with Gasteiger partial charge in [-0.2, -0.15) is 0 Å². The fourth-order valence-electron chi connectivity index (χ4n) is 1.29. The van der Waals surface area contributed by atoms with E-state index >= 15 is 0 Å². The molecule has 0 aliphatic rings. The van der Waals surface area contributed by atoms with Gasteiger partial charge in [0.25, 0.3) is 0 Å². The summed E-state index contributed by atoms with van der Waals surface area (Å²) in [6.45, 7) is 0.403. The number of methoxy groups -OCH3 is 1. The van der Waals surface area contributed by atoms with Gasteiger partial charge in [0, 0.05) is 7.05 Å². The van der Waals surface area contributed by atoms with Gasteiger partial charge in [-0.1, -0.05) is 12.1 Å². The van der Waals surface area contributed by atoms with Crippen LogP contribution in [0.25, 0.3) is 0 Å². The highest BCUT2D eigenvalue weighted by molar-refractivity contribution is 5.82. The van der Waals surface area contributed by atoms with Crippen molar-refractivity contribution in [1.82, 2.24) is 0 Å². The lowest BCUT2D eigenvalue weighted by Gasteiger charge is -2.20. The van der Waals surface area contributed by atoms with Gasteiger partial charge in [0.15, 0.2) is 0 Å². The number of ether oxygens (including phenoxy) is 1. The number of para-hydroxylation sites is 2. The average molecular weight is 193 g/mol. The number of hydrogen-bond donors (Lipinski definition) is 2. The molecule has 0 radical (unpaired) electrons. The molecule has 0 bridgehead atoms. The van der Waals surface area contributed by atoms with Crippen molar-refractivity contribution in [1.29, 1.82) is 5.41 Å². The monoisotopic (exact) mass is 193 g/mol. The van der Waals surface area contributed by atoms with Gasteiger partial charge in [-0.15, -0.1) is 0 Å². The van der Waals surface area contributed by atoms with Crippen LogP contribution in [-0.2, 0) is 0 Å². The van der Waals surface area contributed by atoms with Gasteiger partial charge >= 0.3 is 0 Å². The lowest BCUT2D eigenvalue weighted by molar-refractivity contribution is 0.415. The van der Waals surface area contributed by atoms with E-state index in [-0.39, 0.29) is 5.84 Å². The van der Waals surface area contributed by atoms with Crippen LogP contribution in [0.1, 0.15) is 0 Å². The SMILES string of the molecule is COc1ccccc1N(C)CC(=N)N. The van der Waals surface area contributed by atoms with Crippen LogP contribution in [0.5, 0.6) is 5.75 Å². The molecule has 0 saturated carbocycles. The number of benzene rings is 1. The highest BCUT2D eigenvalue weighted by Crippen LogP contribution is 2.25. The topological polar surface area (TPSA) is 62.3 Å². The van der Waals surface area contributed by atoms with Crippen molar-refractivity contribution in [2.24, 2.45) is 5.73 Å². The molecular formula is C10H15N3O. The van der Waals surface area contributed by atoms with Gasteiger partial charge in [-0.3, -0.25) is 5.41 Å². The van der Waals surface area contributed by atoms with Crippen molar-refractivity contribution in [2.45, 2.75) is 0 Å². The highest BCUT2D eigenvalue weighted by Gasteiger charge is 2.07. The standard InChI is InChI=1S/C10H15N3O/c1-13(7-10(11)12)8-5-3-4-6-9(8)14-2/h3-6H,7H2,1-2H3,(H3,11,12). The van der Waals surface area contributed by atoms with Crippen molar-refractivity contribution in [3.63, 3.8) is 0 Å². The molecule has 3 N–H and O–H groups in total. The Kier molecular flexibility index (Phi) is 3.34. The molecule has 1 aromatic rings. The molecule has 0 heterocycles. The van der Waals surface area contributed by atoms with Crippen LogP contribution in [0.3, 0.4) is 0 Å². The molecule has 4 heteroatoms. The lowest BCUT2D eigenvalue weighted by Crippen LogP contribution is -2.30. The Morgan fingerprint density at radius 2 is 2.14 bits per heavy atom. The first kappa shape index (κ1) is 10.4. The molecule has 76 valence electrons. The lowest BCUT2D eigenvalue weighted by atomic mass is 10.2. The maximum atomic E-state index is 7.20. The molecule has 1 rings (SSSR count). The molecule has 0 spiro atoms. The second-order valence-corrected chi connectivity index (χ2v) is 3.05. The summed E-state index contributed by atoms with van der Waals surface area (Å²) < 4.78 is 5.20. The Balaban J connectivity index is 2.87. The number of amidine groups is 1. The quantitative estimate of drug-likeness (QED) is 0.555. The third-order valence-corrected chi connectivity index (χ3v) is 1.90. The van der Waals surface area contributed by atoms with E-state index in [1.165, 1.54) is 0 Å². The summed E-state index contributed by atoms with van der Waals surface area (Å²) in [4.78, 5) is 1.88. The van der Waals surface area contributed by atoms with Crippen LogP contribution < -0.4 is 15.4 Å². The van der Waals surface area contributed by atoms with Gasteiger partial charge in [0.2, 0.25) is 0 Å². The van der Waals surface area contributed by atoms with E-state index in [4.69, 9.17) is 15.9 Å². The van der Waals surface area contributed by atoms with Gasteiger partial charge in [0.1, 0.15) is 11.6 Å². The number of anilines is 1. The molecule has 0 fully saturated rings. The van der Waals surface area contributed by atoms with Crippen molar-refractivity contribution in [3.8, 4) is 5.75 Å². The van der Waals surface area contributed by atoms with E-state index in [0.717, 1.165) is 11.4 Å². The molecule has 0 saturated heterocycles. The minimum Gasteiger partial charge on any atom is -0.495 e. The van der Waals surface area contributed by atoms with E-state index in [1.807, 2.05) is 36.2 Å². The number of nitrogens with two attached hydrogens (primary N) is 1. The molecule has 14 heavy (non-hydrogen) atoms. The maximum absolute atomic E-state index is 7.20. The predicted octanol–water partition coefficient (Wildman–Crippen LogP) is 1.07. The van der Waals surface area contributed by atoms with Crippen molar-refractivity contribution >= 4 is 11.5 Å². The molecule has 0 aliphatic carbocycles. The van der Waals surface area contributed by atoms with Gasteiger partial charge in [-0.05, 0) is 12.1 Å². The van der Waals surface area contributed by atoms with Crippen LogP contribution >= 0.6 is 0 Å². The van der Waals surface area contributed by atoms with E-state index in [2.05, 4.69) is 0 Å². The second kappa shape index (κ2) is 4.50. The minimum atomic E-state index is 0.137. The van der Waals surface area contributed by atoms with Crippen molar-refractivity contribution in [2.75, 3.05) is 25.6 Å². The summed E-state index contributed by atoms with van der Waals surface area (Å²) in [6, 6.07) is 7.65. The molecule has 0 aliphatic heterocycles. The Morgan fingerprint density at radius 3 is 2.71 bits per heavy atom. The zero-order valence-corrected chi connectivity index (χ0v) is 8.45. The summed E-state index contributed by atoms with van der Waals surface area (Å²) >= 11 is 0. The van der Waals surface area contributed by atoms with Gasteiger partial charge in [0.05, 0.1) is 19.3 Å². The highest BCUT2D eigenvalue weighted by atomic mass is 16.5. The summed E-state index contributed by atoms with van der Waals surface area (Å²) in [5.74, 6) is 0.926. The Labute approximate surface area is 83.8 Å². The fourth-order valence-corrected chi connectivity index (χ4v) is 1.29. The summed E-state index contributed by atoms with van der Waals surface area (Å²) in [7, 11) is 3.50. The van der Waals surface area contributed by atoms with Gasteiger partial charge in [-0.25, -0.2) is 0 Å². The number of nitrogens with zero attached hydrogens (tertiary/aromatic N) is 1. The van der Waals surface area contributed by atoms with E-state index in [0.29, 0.717) is 6.54 Å². The maximum Gasteiger partial charge on any atom is 0.142 e.